The van der Waals surface area contributed by atoms with E-state index in [1.165, 1.54) is 14.2 Å². The lowest BCUT2D eigenvalue weighted by Crippen LogP contribution is -2.31. The molecular weight excluding hydrogens is 258 g/mol. The highest BCUT2D eigenvalue weighted by molar-refractivity contribution is 5.79. The zero-order chi connectivity index (χ0) is 15.0. The third kappa shape index (κ3) is 3.65. The lowest BCUT2D eigenvalue weighted by atomic mass is 10.0. The van der Waals surface area contributed by atoms with Crippen molar-refractivity contribution in [3.05, 3.63) is 23.8 Å². The fourth-order valence-electron chi connectivity index (χ4n) is 1.85. The molecule has 0 spiro atoms. The van der Waals surface area contributed by atoms with Crippen LogP contribution in [0.3, 0.4) is 0 Å². The summed E-state index contributed by atoms with van der Waals surface area (Å²) in [6, 6.07) is 4.61. The van der Waals surface area contributed by atoms with Crippen LogP contribution in [-0.4, -0.2) is 33.3 Å². The molecule has 0 aliphatic carbocycles. The Hall–Kier alpha value is -2.19. The maximum atomic E-state index is 12.1. The highest BCUT2D eigenvalue weighted by atomic mass is 16.5. The average molecular weight is 277 g/mol. The number of terminal acetylenes is 1. The molecule has 0 aromatic heterocycles. The molecule has 0 heterocycles. The van der Waals surface area contributed by atoms with Crippen molar-refractivity contribution in [1.82, 2.24) is 5.32 Å². The van der Waals surface area contributed by atoms with E-state index in [1.807, 2.05) is 0 Å². The van der Waals surface area contributed by atoms with E-state index in [0.717, 1.165) is 0 Å². The van der Waals surface area contributed by atoms with Gasteiger partial charge in [-0.2, -0.15) is 0 Å². The molecule has 1 rings (SSSR count). The number of rotatable bonds is 7. The number of carbonyl (C=O) groups excluding carboxylic acids is 1. The summed E-state index contributed by atoms with van der Waals surface area (Å²) in [5, 5.41) is 2.95. The van der Waals surface area contributed by atoms with E-state index in [9.17, 15) is 4.79 Å². The van der Waals surface area contributed by atoms with Crippen LogP contribution >= 0.6 is 0 Å². The van der Waals surface area contributed by atoms with Crippen LogP contribution in [0, 0.1) is 12.3 Å². The minimum atomic E-state index is -0.698. The highest BCUT2D eigenvalue weighted by Crippen LogP contribution is 2.34. The molecule has 1 aromatic carbocycles. The van der Waals surface area contributed by atoms with Crippen molar-refractivity contribution >= 4 is 5.97 Å². The van der Waals surface area contributed by atoms with Crippen molar-refractivity contribution in [2.24, 2.45) is 0 Å². The summed E-state index contributed by atoms with van der Waals surface area (Å²) in [5.74, 6) is 3.06. The van der Waals surface area contributed by atoms with E-state index in [-0.39, 0.29) is 6.54 Å². The first-order valence-electron chi connectivity index (χ1n) is 6.23. The van der Waals surface area contributed by atoms with Crippen LogP contribution in [0.4, 0.5) is 0 Å². The first-order chi connectivity index (χ1) is 9.69. The van der Waals surface area contributed by atoms with Gasteiger partial charge in [0, 0.05) is 5.56 Å². The number of nitrogens with one attached hydrogen (secondary N) is 1. The van der Waals surface area contributed by atoms with Gasteiger partial charge in [-0.05, 0) is 13.0 Å². The zero-order valence-corrected chi connectivity index (χ0v) is 11.9. The second-order valence-corrected chi connectivity index (χ2v) is 3.85. The molecule has 1 atom stereocenters. The quantitative estimate of drug-likeness (QED) is 0.605. The van der Waals surface area contributed by atoms with Crippen LogP contribution in [0.2, 0.25) is 0 Å². The maximum absolute atomic E-state index is 12.1. The van der Waals surface area contributed by atoms with E-state index >= 15 is 0 Å². The summed E-state index contributed by atoms with van der Waals surface area (Å²) >= 11 is 0. The van der Waals surface area contributed by atoms with Crippen LogP contribution in [0.5, 0.6) is 11.5 Å². The predicted molar refractivity (Wildman–Crippen MR) is 75.8 cm³/mol. The molecular formula is C15H19NO4. The minimum absolute atomic E-state index is 0.240. The van der Waals surface area contributed by atoms with Gasteiger partial charge in [-0.25, -0.2) is 4.79 Å². The molecule has 0 aliphatic rings. The number of esters is 1. The molecule has 1 N–H and O–H groups in total. The van der Waals surface area contributed by atoms with E-state index in [2.05, 4.69) is 11.2 Å². The lowest BCUT2D eigenvalue weighted by Gasteiger charge is -2.20. The monoisotopic (exact) mass is 277 g/mol. The molecule has 0 amide bonds. The van der Waals surface area contributed by atoms with Crippen LogP contribution in [0.1, 0.15) is 18.5 Å². The molecule has 0 radical (unpaired) electrons. The van der Waals surface area contributed by atoms with Crippen LogP contribution in [0.25, 0.3) is 0 Å². The number of ether oxygens (including phenoxy) is 3. The first-order valence-corrected chi connectivity index (χ1v) is 6.23. The molecule has 1 unspecified atom stereocenters. The molecule has 0 fully saturated rings. The molecule has 20 heavy (non-hydrogen) atoms. The minimum Gasteiger partial charge on any atom is -0.493 e. The third-order valence-corrected chi connectivity index (χ3v) is 2.67. The standard InChI is InChI=1S/C15H19NO4/c1-5-10-16-13(15(17)20-6-2)11-8-7-9-12(18-3)14(11)19-4/h1,7-9,13,16H,6,10H2,2-4H3. The van der Waals surface area contributed by atoms with E-state index in [1.54, 1.807) is 25.1 Å². The van der Waals surface area contributed by atoms with Gasteiger partial charge in [-0.15, -0.1) is 6.42 Å². The molecule has 0 aliphatic heterocycles. The second kappa shape index (κ2) is 8.08. The molecule has 5 heteroatoms. The van der Waals surface area contributed by atoms with Crippen LogP contribution < -0.4 is 14.8 Å². The van der Waals surface area contributed by atoms with Gasteiger partial charge in [0.05, 0.1) is 27.4 Å². The van der Waals surface area contributed by atoms with Gasteiger partial charge in [-0.3, -0.25) is 5.32 Å². The van der Waals surface area contributed by atoms with E-state index < -0.39 is 12.0 Å². The Kier molecular flexibility index (Phi) is 6.41. The van der Waals surface area contributed by atoms with Crippen LogP contribution in [-0.2, 0) is 9.53 Å². The fraction of sp³-hybridized carbons (Fsp3) is 0.400. The Morgan fingerprint density at radius 2 is 2.15 bits per heavy atom. The largest absolute Gasteiger partial charge is 0.493 e. The summed E-state index contributed by atoms with van der Waals surface area (Å²) < 4.78 is 15.6. The second-order valence-electron chi connectivity index (χ2n) is 3.85. The predicted octanol–water partition coefficient (Wildman–Crippen LogP) is 1.53. The van der Waals surface area contributed by atoms with Crippen molar-refractivity contribution in [1.29, 1.82) is 0 Å². The molecule has 108 valence electrons. The van der Waals surface area contributed by atoms with Crippen molar-refractivity contribution in [2.45, 2.75) is 13.0 Å². The smallest absolute Gasteiger partial charge is 0.327 e. The third-order valence-electron chi connectivity index (χ3n) is 2.67. The number of para-hydroxylation sites is 1. The van der Waals surface area contributed by atoms with Crippen molar-refractivity contribution in [3.8, 4) is 23.8 Å². The topological polar surface area (TPSA) is 56.8 Å². The number of carbonyl (C=O) groups is 1. The lowest BCUT2D eigenvalue weighted by molar-refractivity contribution is -0.145. The Morgan fingerprint density at radius 3 is 2.70 bits per heavy atom. The van der Waals surface area contributed by atoms with Crippen molar-refractivity contribution in [3.63, 3.8) is 0 Å². The zero-order valence-electron chi connectivity index (χ0n) is 11.9. The van der Waals surface area contributed by atoms with Gasteiger partial charge >= 0.3 is 5.97 Å². The summed E-state index contributed by atoms with van der Waals surface area (Å²) in [6.45, 7) is 2.28. The SMILES string of the molecule is C#CCNC(C(=O)OCC)c1cccc(OC)c1OC. The highest BCUT2D eigenvalue weighted by Gasteiger charge is 2.26. The van der Waals surface area contributed by atoms with Crippen molar-refractivity contribution in [2.75, 3.05) is 27.4 Å². The maximum Gasteiger partial charge on any atom is 0.327 e. The van der Waals surface area contributed by atoms with Gasteiger partial charge < -0.3 is 14.2 Å². The summed E-state index contributed by atoms with van der Waals surface area (Å²) in [6.07, 6.45) is 5.24. The summed E-state index contributed by atoms with van der Waals surface area (Å²) in [4.78, 5) is 12.1. The van der Waals surface area contributed by atoms with Crippen LogP contribution in [0.15, 0.2) is 18.2 Å². The molecule has 5 nitrogen and oxygen atoms in total. The van der Waals surface area contributed by atoms with E-state index in [4.69, 9.17) is 20.6 Å². The number of benzene rings is 1. The van der Waals surface area contributed by atoms with Gasteiger partial charge in [0.25, 0.3) is 0 Å². The van der Waals surface area contributed by atoms with E-state index in [0.29, 0.717) is 23.7 Å². The van der Waals surface area contributed by atoms with Gasteiger partial charge in [-0.1, -0.05) is 18.1 Å². The van der Waals surface area contributed by atoms with Crippen molar-refractivity contribution < 1.29 is 19.0 Å². The number of methoxy groups -OCH3 is 2. The Bertz CT molecular complexity index is 493. The number of hydrogen-bond donors (Lipinski definition) is 1. The van der Waals surface area contributed by atoms with Gasteiger partial charge in [0.2, 0.25) is 0 Å². The van der Waals surface area contributed by atoms with Gasteiger partial charge in [0.15, 0.2) is 11.5 Å². The Morgan fingerprint density at radius 1 is 1.40 bits per heavy atom. The normalized spacial score (nSPS) is 11.3. The molecule has 1 aromatic rings. The molecule has 0 bridgehead atoms. The van der Waals surface area contributed by atoms with Gasteiger partial charge in [0.1, 0.15) is 6.04 Å². The molecule has 0 saturated heterocycles. The summed E-state index contributed by atoms with van der Waals surface area (Å²) in [7, 11) is 3.06. The summed E-state index contributed by atoms with van der Waals surface area (Å²) in [5.41, 5.74) is 0.626. The Labute approximate surface area is 119 Å². The molecule has 0 saturated carbocycles. The fourth-order valence-corrected chi connectivity index (χ4v) is 1.85. The first kappa shape index (κ1) is 15.9. The number of hydrogen-bond acceptors (Lipinski definition) is 5. The Balaban J connectivity index is 3.19. The average Bonchev–Trinajstić information content (AvgIpc) is 2.47.